The van der Waals surface area contributed by atoms with E-state index in [1.807, 2.05) is 11.5 Å². The summed E-state index contributed by atoms with van der Waals surface area (Å²) in [7, 11) is 0. The van der Waals surface area contributed by atoms with E-state index < -0.39 is 4.92 Å². The summed E-state index contributed by atoms with van der Waals surface area (Å²) in [6.45, 7) is 4.76. The van der Waals surface area contributed by atoms with Crippen molar-refractivity contribution >= 4 is 21.6 Å². The first-order valence-corrected chi connectivity index (χ1v) is 7.64. The van der Waals surface area contributed by atoms with Gasteiger partial charge in [-0.15, -0.1) is 10.2 Å². The molecule has 8 heteroatoms. The third-order valence-corrected chi connectivity index (χ3v) is 3.49. The number of benzene rings is 1. The lowest BCUT2D eigenvalue weighted by atomic mass is 10.1. The van der Waals surface area contributed by atoms with Gasteiger partial charge in [0, 0.05) is 12.6 Å². The SMILES string of the molecule is CCOc1c(-c2nnc(CBr)n2CC)cccc1[N+](=O)[O-]. The maximum atomic E-state index is 11.2. The Morgan fingerprint density at radius 3 is 2.71 bits per heavy atom. The topological polar surface area (TPSA) is 83.1 Å². The van der Waals surface area contributed by atoms with E-state index in [4.69, 9.17) is 4.74 Å². The summed E-state index contributed by atoms with van der Waals surface area (Å²) in [5, 5.41) is 20.0. The smallest absolute Gasteiger partial charge is 0.311 e. The van der Waals surface area contributed by atoms with Gasteiger partial charge in [-0.05, 0) is 19.9 Å². The van der Waals surface area contributed by atoms with Gasteiger partial charge in [0.15, 0.2) is 5.82 Å². The normalized spacial score (nSPS) is 10.6. The van der Waals surface area contributed by atoms with Gasteiger partial charge < -0.3 is 9.30 Å². The van der Waals surface area contributed by atoms with Gasteiger partial charge in [-0.1, -0.05) is 22.0 Å². The Morgan fingerprint density at radius 1 is 1.38 bits per heavy atom. The van der Waals surface area contributed by atoms with Crippen LogP contribution in [0.5, 0.6) is 5.75 Å². The predicted octanol–water partition coefficient (Wildman–Crippen LogP) is 3.17. The second-order valence-electron chi connectivity index (χ2n) is 4.16. The maximum Gasteiger partial charge on any atom is 0.311 e. The summed E-state index contributed by atoms with van der Waals surface area (Å²) in [4.78, 5) is 10.7. The van der Waals surface area contributed by atoms with E-state index in [-0.39, 0.29) is 11.4 Å². The van der Waals surface area contributed by atoms with Crippen LogP contribution in [0.3, 0.4) is 0 Å². The molecule has 0 aliphatic carbocycles. The number of para-hydroxylation sites is 1. The van der Waals surface area contributed by atoms with E-state index in [2.05, 4.69) is 26.1 Å². The lowest BCUT2D eigenvalue weighted by Gasteiger charge is -2.11. The first-order valence-electron chi connectivity index (χ1n) is 6.52. The van der Waals surface area contributed by atoms with Gasteiger partial charge in [0.1, 0.15) is 5.82 Å². The average molecular weight is 355 g/mol. The van der Waals surface area contributed by atoms with Crippen LogP contribution < -0.4 is 4.74 Å². The van der Waals surface area contributed by atoms with Gasteiger partial charge in [0.25, 0.3) is 0 Å². The molecule has 0 aliphatic rings. The summed E-state index contributed by atoms with van der Waals surface area (Å²) < 4.78 is 7.39. The standard InChI is InChI=1S/C13H15BrN4O3/c1-3-17-11(8-14)15-16-13(17)9-6-5-7-10(18(19)20)12(9)21-4-2/h5-7H,3-4,8H2,1-2H3. The quantitative estimate of drug-likeness (QED) is 0.452. The molecule has 2 rings (SSSR count). The lowest BCUT2D eigenvalue weighted by molar-refractivity contribution is -0.385. The minimum atomic E-state index is -0.452. The van der Waals surface area contributed by atoms with E-state index in [1.54, 1.807) is 19.1 Å². The molecule has 2 aromatic rings. The molecule has 0 aliphatic heterocycles. The zero-order valence-corrected chi connectivity index (χ0v) is 13.3. The Morgan fingerprint density at radius 2 is 2.14 bits per heavy atom. The molecule has 0 fully saturated rings. The number of halogens is 1. The average Bonchev–Trinajstić information content (AvgIpc) is 2.90. The van der Waals surface area contributed by atoms with Gasteiger partial charge >= 0.3 is 5.69 Å². The summed E-state index contributed by atoms with van der Waals surface area (Å²) in [6.07, 6.45) is 0. The predicted molar refractivity (Wildman–Crippen MR) is 81.6 cm³/mol. The molecule has 1 aromatic carbocycles. The first kappa shape index (κ1) is 15.4. The number of nitrogens with zero attached hydrogens (tertiary/aromatic N) is 4. The number of rotatable bonds is 6. The van der Waals surface area contributed by atoms with Crippen molar-refractivity contribution in [3.63, 3.8) is 0 Å². The number of ether oxygens (including phenoxy) is 1. The van der Waals surface area contributed by atoms with Crippen molar-refractivity contribution in [2.45, 2.75) is 25.7 Å². The van der Waals surface area contributed by atoms with Crippen molar-refractivity contribution < 1.29 is 9.66 Å². The van der Waals surface area contributed by atoms with Gasteiger partial charge in [-0.25, -0.2) is 0 Å². The lowest BCUT2D eigenvalue weighted by Crippen LogP contribution is -2.05. The molecule has 0 spiro atoms. The summed E-state index contributed by atoms with van der Waals surface area (Å²) in [5.41, 5.74) is 0.507. The van der Waals surface area contributed by atoms with Crippen LogP contribution in [0.1, 0.15) is 19.7 Å². The fourth-order valence-corrected chi connectivity index (χ4v) is 2.52. The van der Waals surface area contributed by atoms with Crippen LogP contribution in [-0.4, -0.2) is 26.3 Å². The summed E-state index contributed by atoms with van der Waals surface area (Å²) >= 11 is 3.36. The fourth-order valence-electron chi connectivity index (χ4n) is 2.11. The molecular weight excluding hydrogens is 340 g/mol. The van der Waals surface area contributed by atoms with E-state index in [0.29, 0.717) is 29.9 Å². The van der Waals surface area contributed by atoms with E-state index in [0.717, 1.165) is 5.82 Å². The number of alkyl halides is 1. The van der Waals surface area contributed by atoms with E-state index >= 15 is 0 Å². The number of nitro benzene ring substituents is 1. The fraction of sp³-hybridized carbons (Fsp3) is 0.385. The summed E-state index contributed by atoms with van der Waals surface area (Å²) in [5.74, 6) is 1.56. The third kappa shape index (κ3) is 2.90. The van der Waals surface area contributed by atoms with Crippen LogP contribution in [-0.2, 0) is 11.9 Å². The van der Waals surface area contributed by atoms with Crippen LogP contribution in [0.4, 0.5) is 5.69 Å². The van der Waals surface area contributed by atoms with Gasteiger partial charge in [-0.2, -0.15) is 0 Å². The highest BCUT2D eigenvalue weighted by Gasteiger charge is 2.23. The zero-order chi connectivity index (χ0) is 15.4. The van der Waals surface area contributed by atoms with Crippen molar-refractivity contribution in [3.05, 3.63) is 34.1 Å². The minimum absolute atomic E-state index is 0.0691. The van der Waals surface area contributed by atoms with Crippen LogP contribution in [0.2, 0.25) is 0 Å². The Hall–Kier alpha value is -1.96. The Balaban J connectivity index is 2.66. The highest BCUT2D eigenvalue weighted by molar-refractivity contribution is 9.08. The van der Waals surface area contributed by atoms with Gasteiger partial charge in [-0.3, -0.25) is 10.1 Å². The monoisotopic (exact) mass is 354 g/mol. The van der Waals surface area contributed by atoms with Crippen molar-refractivity contribution in [3.8, 4) is 17.1 Å². The second-order valence-corrected chi connectivity index (χ2v) is 4.72. The van der Waals surface area contributed by atoms with E-state index in [1.165, 1.54) is 6.07 Å². The van der Waals surface area contributed by atoms with Crippen LogP contribution in [0.15, 0.2) is 18.2 Å². The maximum absolute atomic E-state index is 11.2. The molecule has 0 unspecified atom stereocenters. The molecule has 0 N–H and O–H groups in total. The zero-order valence-electron chi connectivity index (χ0n) is 11.7. The molecule has 0 amide bonds. The van der Waals surface area contributed by atoms with Crippen molar-refractivity contribution in [1.29, 1.82) is 0 Å². The van der Waals surface area contributed by atoms with Crippen LogP contribution in [0, 0.1) is 10.1 Å². The molecule has 1 heterocycles. The summed E-state index contributed by atoms with van der Waals surface area (Å²) in [6, 6.07) is 4.80. The molecule has 21 heavy (non-hydrogen) atoms. The highest BCUT2D eigenvalue weighted by Crippen LogP contribution is 2.37. The Bertz CT molecular complexity index is 657. The molecule has 7 nitrogen and oxygen atoms in total. The largest absolute Gasteiger partial charge is 0.487 e. The number of nitro groups is 1. The van der Waals surface area contributed by atoms with Crippen molar-refractivity contribution in [1.82, 2.24) is 14.8 Å². The molecule has 112 valence electrons. The number of hydrogen-bond acceptors (Lipinski definition) is 5. The number of aromatic nitrogens is 3. The van der Waals surface area contributed by atoms with Crippen molar-refractivity contribution in [2.24, 2.45) is 0 Å². The molecule has 0 atom stereocenters. The molecular formula is C13H15BrN4O3. The van der Waals surface area contributed by atoms with Crippen LogP contribution >= 0.6 is 15.9 Å². The molecule has 0 saturated heterocycles. The Labute approximate surface area is 130 Å². The minimum Gasteiger partial charge on any atom is -0.487 e. The molecule has 1 aromatic heterocycles. The second kappa shape index (κ2) is 6.66. The Kier molecular flexibility index (Phi) is 4.89. The van der Waals surface area contributed by atoms with Crippen LogP contribution in [0.25, 0.3) is 11.4 Å². The highest BCUT2D eigenvalue weighted by atomic mass is 79.9. The molecule has 0 radical (unpaired) electrons. The van der Waals surface area contributed by atoms with E-state index in [9.17, 15) is 10.1 Å². The van der Waals surface area contributed by atoms with Crippen molar-refractivity contribution in [2.75, 3.05) is 6.61 Å². The van der Waals surface area contributed by atoms with Gasteiger partial charge in [0.2, 0.25) is 5.75 Å². The number of hydrogen-bond donors (Lipinski definition) is 0. The van der Waals surface area contributed by atoms with Gasteiger partial charge in [0.05, 0.1) is 22.4 Å². The molecule has 0 saturated carbocycles. The molecule has 0 bridgehead atoms. The third-order valence-electron chi connectivity index (χ3n) is 2.98. The first-order chi connectivity index (χ1) is 10.1.